The van der Waals surface area contributed by atoms with Crippen LogP contribution in [0.3, 0.4) is 0 Å². The minimum atomic E-state index is 0.302. The maximum atomic E-state index is 8.53. The van der Waals surface area contributed by atoms with Gasteiger partial charge in [-0.15, -0.1) is 0 Å². The molecule has 0 aromatic rings. The lowest BCUT2D eigenvalue weighted by Gasteiger charge is -2.14. The second-order valence-electron chi connectivity index (χ2n) is 3.38. The lowest BCUT2D eigenvalue weighted by Crippen LogP contribution is -2.30. The summed E-state index contributed by atoms with van der Waals surface area (Å²) in [5.41, 5.74) is 0. The van der Waals surface area contributed by atoms with Gasteiger partial charge in [-0.2, -0.15) is 0 Å². The molecule has 2 N–H and O–H groups in total. The molecule has 0 saturated carbocycles. The summed E-state index contributed by atoms with van der Waals surface area (Å²) in [5, 5.41) is 11.8. The molecule has 3 heteroatoms. The van der Waals surface area contributed by atoms with Crippen LogP contribution in [0.4, 0.5) is 0 Å². The van der Waals surface area contributed by atoms with E-state index in [0.717, 1.165) is 19.5 Å². The molecule has 0 amide bonds. The van der Waals surface area contributed by atoms with Crippen LogP contribution < -0.4 is 5.32 Å². The zero-order valence-corrected chi connectivity index (χ0v) is 7.76. The zero-order chi connectivity index (χ0) is 8.65. The molecule has 1 saturated heterocycles. The van der Waals surface area contributed by atoms with Gasteiger partial charge in [0.15, 0.2) is 0 Å². The molecular formula is C9H20N2O. The molecule has 12 heavy (non-hydrogen) atoms. The van der Waals surface area contributed by atoms with Gasteiger partial charge >= 0.3 is 0 Å². The van der Waals surface area contributed by atoms with Gasteiger partial charge in [0.2, 0.25) is 0 Å². The van der Waals surface area contributed by atoms with Gasteiger partial charge in [-0.3, -0.25) is 0 Å². The van der Waals surface area contributed by atoms with Crippen molar-refractivity contribution in [2.45, 2.75) is 19.3 Å². The number of nitrogens with zero attached hydrogens (tertiary/aromatic N) is 1. The van der Waals surface area contributed by atoms with Crippen LogP contribution >= 0.6 is 0 Å². The fourth-order valence-corrected chi connectivity index (χ4v) is 1.57. The van der Waals surface area contributed by atoms with Crippen molar-refractivity contribution in [1.29, 1.82) is 0 Å². The van der Waals surface area contributed by atoms with Crippen molar-refractivity contribution in [3.63, 3.8) is 0 Å². The smallest absolute Gasteiger partial charge is 0.0443 e. The molecule has 0 atom stereocenters. The fraction of sp³-hybridized carbons (Fsp3) is 1.00. The van der Waals surface area contributed by atoms with Crippen molar-refractivity contribution in [2.24, 2.45) is 0 Å². The van der Waals surface area contributed by atoms with Crippen LogP contribution in [0, 0.1) is 0 Å². The highest BCUT2D eigenvalue weighted by Gasteiger charge is 2.09. The molecule has 0 radical (unpaired) electrons. The van der Waals surface area contributed by atoms with Gasteiger partial charge in [-0.25, -0.2) is 0 Å². The third-order valence-electron chi connectivity index (χ3n) is 2.32. The number of likely N-dealkylation sites (tertiary alicyclic amines) is 1. The van der Waals surface area contributed by atoms with E-state index in [1.165, 1.54) is 32.5 Å². The standard InChI is InChI=1S/C9H20N2O/c12-9-3-4-10-5-8-11-6-1-2-7-11/h10,12H,1-9H2. The van der Waals surface area contributed by atoms with Crippen molar-refractivity contribution < 1.29 is 5.11 Å². The van der Waals surface area contributed by atoms with Gasteiger partial charge in [0.1, 0.15) is 0 Å². The van der Waals surface area contributed by atoms with Crippen molar-refractivity contribution in [2.75, 3.05) is 39.3 Å². The second kappa shape index (κ2) is 6.40. The van der Waals surface area contributed by atoms with E-state index in [-0.39, 0.29) is 0 Å². The van der Waals surface area contributed by atoms with Gasteiger partial charge < -0.3 is 15.3 Å². The lowest BCUT2D eigenvalue weighted by molar-refractivity contribution is 0.282. The summed E-state index contributed by atoms with van der Waals surface area (Å²) in [5.74, 6) is 0. The number of hydrogen-bond donors (Lipinski definition) is 2. The first-order chi connectivity index (χ1) is 5.93. The number of aliphatic hydroxyl groups excluding tert-OH is 1. The lowest BCUT2D eigenvalue weighted by atomic mass is 10.4. The maximum Gasteiger partial charge on any atom is 0.0443 e. The molecule has 0 bridgehead atoms. The van der Waals surface area contributed by atoms with Crippen molar-refractivity contribution in [1.82, 2.24) is 10.2 Å². The van der Waals surface area contributed by atoms with E-state index in [1.54, 1.807) is 0 Å². The number of rotatable bonds is 6. The summed E-state index contributed by atoms with van der Waals surface area (Å²) in [4.78, 5) is 2.49. The Morgan fingerprint density at radius 3 is 2.58 bits per heavy atom. The Labute approximate surface area is 74.8 Å². The van der Waals surface area contributed by atoms with E-state index in [2.05, 4.69) is 10.2 Å². The van der Waals surface area contributed by atoms with Crippen molar-refractivity contribution in [3.05, 3.63) is 0 Å². The van der Waals surface area contributed by atoms with Gasteiger partial charge in [0.25, 0.3) is 0 Å². The average molecular weight is 172 g/mol. The molecule has 0 aliphatic carbocycles. The predicted octanol–water partition coefficient (Wildman–Crippen LogP) is 0.0542. The molecule has 0 aromatic heterocycles. The molecule has 1 aliphatic heterocycles. The Morgan fingerprint density at radius 2 is 1.92 bits per heavy atom. The van der Waals surface area contributed by atoms with E-state index in [1.807, 2.05) is 0 Å². The largest absolute Gasteiger partial charge is 0.396 e. The van der Waals surface area contributed by atoms with Crippen LogP contribution in [0.2, 0.25) is 0 Å². The van der Waals surface area contributed by atoms with Crippen molar-refractivity contribution >= 4 is 0 Å². The van der Waals surface area contributed by atoms with Gasteiger partial charge in [-0.1, -0.05) is 0 Å². The molecule has 1 aliphatic rings. The van der Waals surface area contributed by atoms with E-state index in [9.17, 15) is 0 Å². The van der Waals surface area contributed by atoms with Crippen LogP contribution in [0.5, 0.6) is 0 Å². The average Bonchev–Trinajstić information content (AvgIpc) is 2.57. The van der Waals surface area contributed by atoms with Gasteiger partial charge in [0.05, 0.1) is 0 Å². The van der Waals surface area contributed by atoms with Gasteiger partial charge in [0, 0.05) is 19.7 Å². The first-order valence-electron chi connectivity index (χ1n) is 4.97. The number of hydrogen-bond acceptors (Lipinski definition) is 3. The quantitative estimate of drug-likeness (QED) is 0.556. The Morgan fingerprint density at radius 1 is 1.17 bits per heavy atom. The molecule has 0 spiro atoms. The van der Waals surface area contributed by atoms with Crippen LogP contribution in [0.15, 0.2) is 0 Å². The fourth-order valence-electron chi connectivity index (χ4n) is 1.57. The minimum Gasteiger partial charge on any atom is -0.396 e. The molecule has 1 rings (SSSR count). The number of nitrogens with one attached hydrogen (secondary N) is 1. The first-order valence-corrected chi connectivity index (χ1v) is 4.97. The van der Waals surface area contributed by atoms with Crippen molar-refractivity contribution in [3.8, 4) is 0 Å². The molecular weight excluding hydrogens is 152 g/mol. The zero-order valence-electron chi connectivity index (χ0n) is 7.76. The highest BCUT2D eigenvalue weighted by atomic mass is 16.3. The molecule has 0 unspecified atom stereocenters. The first kappa shape index (κ1) is 9.96. The summed E-state index contributed by atoms with van der Waals surface area (Å²) in [7, 11) is 0. The second-order valence-corrected chi connectivity index (χ2v) is 3.38. The Kier molecular flexibility index (Phi) is 5.32. The minimum absolute atomic E-state index is 0.302. The molecule has 1 heterocycles. The Balaban J connectivity index is 1.81. The van der Waals surface area contributed by atoms with Crippen LogP contribution in [-0.2, 0) is 0 Å². The predicted molar refractivity (Wildman–Crippen MR) is 50.2 cm³/mol. The maximum absolute atomic E-state index is 8.53. The van der Waals surface area contributed by atoms with Gasteiger partial charge in [-0.05, 0) is 38.9 Å². The van der Waals surface area contributed by atoms with E-state index in [4.69, 9.17) is 5.11 Å². The molecule has 0 aromatic carbocycles. The monoisotopic (exact) mass is 172 g/mol. The molecule has 1 fully saturated rings. The highest BCUT2D eigenvalue weighted by molar-refractivity contribution is 4.66. The van der Waals surface area contributed by atoms with Crippen LogP contribution in [0.25, 0.3) is 0 Å². The van der Waals surface area contributed by atoms with E-state index in [0.29, 0.717) is 6.61 Å². The summed E-state index contributed by atoms with van der Waals surface area (Å²) in [6.07, 6.45) is 3.62. The summed E-state index contributed by atoms with van der Waals surface area (Å²) >= 11 is 0. The van der Waals surface area contributed by atoms with E-state index >= 15 is 0 Å². The normalized spacial score (nSPS) is 18.8. The topological polar surface area (TPSA) is 35.5 Å². The summed E-state index contributed by atoms with van der Waals surface area (Å²) in [6.45, 7) is 6.05. The molecule has 3 nitrogen and oxygen atoms in total. The highest BCUT2D eigenvalue weighted by Crippen LogP contribution is 2.05. The van der Waals surface area contributed by atoms with Crippen LogP contribution in [0.1, 0.15) is 19.3 Å². The number of aliphatic hydroxyl groups is 1. The third kappa shape index (κ3) is 4.04. The SMILES string of the molecule is OCCCNCCN1CCCC1. The Bertz CT molecular complexity index is 103. The van der Waals surface area contributed by atoms with E-state index < -0.39 is 0 Å². The molecule has 72 valence electrons. The summed E-state index contributed by atoms with van der Waals surface area (Å²) in [6, 6.07) is 0. The Hall–Kier alpha value is -0.120. The third-order valence-corrected chi connectivity index (χ3v) is 2.32. The van der Waals surface area contributed by atoms with Crippen LogP contribution in [-0.4, -0.2) is 49.3 Å². The summed E-state index contributed by atoms with van der Waals surface area (Å²) < 4.78 is 0.